The molecular weight excluding hydrogens is 508 g/mol. The zero-order valence-corrected chi connectivity index (χ0v) is 26.6. The van der Waals surface area contributed by atoms with E-state index < -0.39 is 40.7 Å². The Bertz CT molecular complexity index is 1010. The molecule has 0 amide bonds. The van der Waals surface area contributed by atoms with Gasteiger partial charge in [0.1, 0.15) is 29.8 Å². The molecule has 10 heteroatoms. The lowest BCUT2D eigenvalue weighted by Gasteiger charge is -2.51. The minimum Gasteiger partial charge on any atom is -0.497 e. The van der Waals surface area contributed by atoms with Crippen LogP contribution >= 0.6 is 0 Å². The average Bonchev–Trinajstić information content (AvgIpc) is 3.15. The second kappa shape index (κ2) is 10.0. The van der Waals surface area contributed by atoms with Crippen LogP contribution in [0.4, 0.5) is 0 Å². The number of Topliss-reactive ketones (excluding diaryl/α,β-unsaturated/α-hetero) is 1. The molecule has 0 radical (unpaired) electrons. The van der Waals surface area contributed by atoms with E-state index in [4.69, 9.17) is 27.8 Å². The number of hydrogen-bond acceptors (Lipinski definition) is 8. The van der Waals surface area contributed by atoms with Gasteiger partial charge in [-0.1, -0.05) is 41.5 Å². The highest BCUT2D eigenvalue weighted by atomic mass is 28.4. The summed E-state index contributed by atoms with van der Waals surface area (Å²) >= 11 is 0. The third-order valence-electron chi connectivity index (χ3n) is 8.58. The number of hydrogen-bond donors (Lipinski definition) is 1. The Kier molecular flexibility index (Phi) is 8.21. The van der Waals surface area contributed by atoms with Crippen LogP contribution in [-0.4, -0.2) is 66.7 Å². The lowest BCUT2D eigenvalue weighted by molar-refractivity contribution is -0.292. The Hall–Kier alpha value is -1.28. The van der Waals surface area contributed by atoms with E-state index in [2.05, 4.69) is 67.7 Å². The summed E-state index contributed by atoms with van der Waals surface area (Å²) in [5.74, 6) is -1.13. The van der Waals surface area contributed by atoms with Crippen molar-refractivity contribution in [1.82, 2.24) is 0 Å². The molecule has 0 unspecified atom stereocenters. The summed E-state index contributed by atoms with van der Waals surface area (Å²) in [6.07, 6.45) is -2.62. The highest BCUT2D eigenvalue weighted by molar-refractivity contribution is 6.74. The predicted molar refractivity (Wildman–Crippen MR) is 147 cm³/mol. The molecule has 0 bridgehead atoms. The van der Waals surface area contributed by atoms with Crippen LogP contribution < -0.4 is 9.47 Å². The Labute approximate surface area is 224 Å². The third-order valence-corrected chi connectivity index (χ3v) is 17.5. The molecule has 1 aromatic rings. The maximum atomic E-state index is 14.6. The lowest BCUT2D eigenvalue weighted by Crippen LogP contribution is -2.67. The summed E-state index contributed by atoms with van der Waals surface area (Å²) < 4.78 is 37.3. The summed E-state index contributed by atoms with van der Waals surface area (Å²) in [5.41, 5.74) is 1.23. The van der Waals surface area contributed by atoms with Crippen LogP contribution in [0, 0.1) is 0 Å². The van der Waals surface area contributed by atoms with Gasteiger partial charge in [-0.05, 0) is 47.9 Å². The van der Waals surface area contributed by atoms with Gasteiger partial charge in [-0.25, -0.2) is 0 Å². The van der Waals surface area contributed by atoms with Gasteiger partial charge in [-0.15, -0.1) is 0 Å². The number of benzene rings is 1. The average molecular weight is 555 g/mol. The van der Waals surface area contributed by atoms with Crippen molar-refractivity contribution in [3.05, 3.63) is 23.3 Å². The summed E-state index contributed by atoms with van der Waals surface area (Å²) in [6.45, 7) is 21.0. The molecule has 1 aromatic carbocycles. The van der Waals surface area contributed by atoms with Gasteiger partial charge in [0.25, 0.3) is 5.79 Å². The minimum atomic E-state index is -2.46. The van der Waals surface area contributed by atoms with Gasteiger partial charge in [-0.2, -0.15) is 0 Å². The van der Waals surface area contributed by atoms with E-state index in [9.17, 15) is 9.90 Å². The molecule has 2 aliphatic heterocycles. The van der Waals surface area contributed by atoms with Gasteiger partial charge in [-0.3, -0.25) is 4.79 Å². The quantitative estimate of drug-likeness (QED) is 0.464. The van der Waals surface area contributed by atoms with E-state index in [0.29, 0.717) is 17.1 Å². The number of ether oxygens (including phenoxy) is 4. The van der Waals surface area contributed by atoms with Crippen molar-refractivity contribution in [3.8, 4) is 11.5 Å². The standard InChI is InChI=1S/C27H46O8Si2/c1-25(2,3)36(9,10)34-22-20(15-28)33-27(24(29)23(22)35-37(11,12)26(4,5)6)21-17(16-32-27)13-18(30-7)14-19(21)31-8/h13-14,20,22-23,28H,15-16H2,1-12H3/t20-,22-,23+,27+/m1/s1. The van der Waals surface area contributed by atoms with Crippen LogP contribution in [0.25, 0.3) is 0 Å². The third kappa shape index (κ3) is 5.30. The summed E-state index contributed by atoms with van der Waals surface area (Å²) in [5, 5.41) is 10.3. The predicted octanol–water partition coefficient (Wildman–Crippen LogP) is 5.13. The molecule has 1 N–H and O–H groups in total. The van der Waals surface area contributed by atoms with Crippen LogP contribution in [0.5, 0.6) is 11.5 Å². The first kappa shape index (κ1) is 30.3. The van der Waals surface area contributed by atoms with Crippen molar-refractivity contribution in [2.45, 2.75) is 109 Å². The topological polar surface area (TPSA) is 92.7 Å². The fourth-order valence-corrected chi connectivity index (χ4v) is 6.77. The van der Waals surface area contributed by atoms with Crippen molar-refractivity contribution in [2.24, 2.45) is 0 Å². The van der Waals surface area contributed by atoms with Crippen molar-refractivity contribution in [2.75, 3.05) is 20.8 Å². The molecule has 210 valence electrons. The number of rotatable bonds is 7. The van der Waals surface area contributed by atoms with E-state index in [1.54, 1.807) is 13.2 Å². The summed E-state index contributed by atoms with van der Waals surface area (Å²) in [7, 11) is -1.75. The number of ketones is 1. The number of fused-ring (bicyclic) bond motifs is 2. The molecule has 1 saturated heterocycles. The van der Waals surface area contributed by atoms with E-state index in [0.717, 1.165) is 5.56 Å². The molecule has 0 aliphatic carbocycles. The molecule has 3 rings (SSSR count). The van der Waals surface area contributed by atoms with E-state index in [1.807, 2.05) is 6.07 Å². The summed E-state index contributed by atoms with van der Waals surface area (Å²) in [4.78, 5) is 14.6. The number of aliphatic hydroxyl groups excluding tert-OH is 1. The first-order valence-electron chi connectivity index (χ1n) is 12.9. The van der Waals surface area contributed by atoms with Crippen molar-refractivity contribution < 1.29 is 37.7 Å². The SMILES string of the molecule is COc1cc2c(c(OC)c1)[C@]1(OC2)O[C@H](CO)[C@@H](O[Si](C)(C)C(C)(C)C)[C@H](O[Si](C)(C)C(C)(C)C)C1=O. The fourth-order valence-electron chi connectivity index (χ4n) is 4.23. The number of carbonyl (C=O) groups is 1. The van der Waals surface area contributed by atoms with Crippen molar-refractivity contribution >= 4 is 22.4 Å². The molecule has 37 heavy (non-hydrogen) atoms. The molecule has 4 atom stereocenters. The van der Waals surface area contributed by atoms with Gasteiger partial charge in [0.05, 0.1) is 33.0 Å². The maximum Gasteiger partial charge on any atom is 0.264 e. The van der Waals surface area contributed by atoms with Crippen LogP contribution in [-0.2, 0) is 35.5 Å². The van der Waals surface area contributed by atoms with Crippen molar-refractivity contribution in [1.29, 1.82) is 0 Å². The Morgan fingerprint density at radius 1 is 0.973 bits per heavy atom. The fraction of sp³-hybridized carbons (Fsp3) is 0.741. The van der Waals surface area contributed by atoms with Gasteiger partial charge in [0.15, 0.2) is 16.6 Å². The highest BCUT2D eigenvalue weighted by Crippen LogP contribution is 2.51. The Morgan fingerprint density at radius 3 is 2.03 bits per heavy atom. The monoisotopic (exact) mass is 554 g/mol. The van der Waals surface area contributed by atoms with Crippen LogP contribution in [0.2, 0.25) is 36.3 Å². The zero-order valence-electron chi connectivity index (χ0n) is 24.6. The second-order valence-corrected chi connectivity index (χ2v) is 22.6. The molecule has 8 nitrogen and oxygen atoms in total. The molecule has 0 aromatic heterocycles. The second-order valence-electron chi connectivity index (χ2n) is 13.1. The maximum absolute atomic E-state index is 14.6. The van der Waals surface area contributed by atoms with E-state index >= 15 is 0 Å². The summed E-state index contributed by atoms with van der Waals surface area (Å²) in [6, 6.07) is 3.53. The van der Waals surface area contributed by atoms with Gasteiger partial charge >= 0.3 is 0 Å². The number of aliphatic hydroxyl groups is 1. The van der Waals surface area contributed by atoms with Crippen LogP contribution in [0.15, 0.2) is 12.1 Å². The van der Waals surface area contributed by atoms with E-state index in [1.165, 1.54) is 7.11 Å². The van der Waals surface area contributed by atoms with Gasteiger partial charge in [0.2, 0.25) is 5.78 Å². The number of methoxy groups -OCH3 is 2. The molecule has 2 aliphatic rings. The largest absolute Gasteiger partial charge is 0.497 e. The number of carbonyl (C=O) groups excluding carboxylic acids is 1. The molecule has 0 saturated carbocycles. The minimum absolute atomic E-state index is 0.122. The van der Waals surface area contributed by atoms with Crippen molar-refractivity contribution in [3.63, 3.8) is 0 Å². The lowest BCUT2D eigenvalue weighted by atomic mass is 9.88. The molecular formula is C27H46O8Si2. The van der Waals surface area contributed by atoms with Gasteiger partial charge in [0, 0.05) is 6.07 Å². The first-order valence-corrected chi connectivity index (χ1v) is 18.7. The zero-order chi connectivity index (χ0) is 28.2. The van der Waals surface area contributed by atoms with Crippen LogP contribution in [0.3, 0.4) is 0 Å². The molecule has 1 fully saturated rings. The van der Waals surface area contributed by atoms with Crippen LogP contribution in [0.1, 0.15) is 52.7 Å². The first-order chi connectivity index (χ1) is 16.8. The normalized spacial score (nSPS) is 26.9. The highest BCUT2D eigenvalue weighted by Gasteiger charge is 2.63. The Morgan fingerprint density at radius 2 is 1.54 bits per heavy atom. The van der Waals surface area contributed by atoms with Gasteiger partial charge < -0.3 is 32.9 Å². The molecule has 2 heterocycles. The smallest absolute Gasteiger partial charge is 0.264 e. The molecule has 1 spiro atoms. The Balaban J connectivity index is 2.19. The van der Waals surface area contributed by atoms with E-state index in [-0.39, 0.29) is 29.1 Å².